The summed E-state index contributed by atoms with van der Waals surface area (Å²) in [6, 6.07) is 10.4. The predicted molar refractivity (Wildman–Crippen MR) is 78.0 cm³/mol. The molecule has 19 heavy (non-hydrogen) atoms. The second-order valence-corrected chi connectivity index (χ2v) is 5.03. The normalized spacial score (nSPS) is 12.1. The highest BCUT2D eigenvalue weighted by Gasteiger charge is 2.08. The van der Waals surface area contributed by atoms with Gasteiger partial charge in [0.05, 0.1) is 0 Å². The van der Waals surface area contributed by atoms with E-state index in [2.05, 4.69) is 36.5 Å². The summed E-state index contributed by atoms with van der Waals surface area (Å²) >= 11 is 0. The molecular weight excluding hydrogens is 238 g/mol. The van der Waals surface area contributed by atoms with E-state index in [0.717, 1.165) is 19.3 Å². The summed E-state index contributed by atoms with van der Waals surface area (Å²) in [5.41, 5.74) is 1.34. The van der Waals surface area contributed by atoms with Crippen molar-refractivity contribution >= 4 is 5.91 Å². The molecule has 1 N–H and O–H groups in total. The van der Waals surface area contributed by atoms with E-state index in [4.69, 9.17) is 4.74 Å². The van der Waals surface area contributed by atoms with Crippen molar-refractivity contribution in [2.45, 2.75) is 32.6 Å². The maximum absolute atomic E-state index is 11.7. The Hall–Kier alpha value is -1.35. The molecule has 1 aromatic rings. The molecule has 0 saturated carbocycles. The van der Waals surface area contributed by atoms with Gasteiger partial charge in [0.25, 0.3) is 0 Å². The fourth-order valence-electron chi connectivity index (χ4n) is 1.99. The molecule has 1 atom stereocenters. The Labute approximate surface area is 116 Å². The number of carbonyl (C=O) groups excluding carboxylic acids is 1. The van der Waals surface area contributed by atoms with Crippen molar-refractivity contribution in [2.24, 2.45) is 5.92 Å². The minimum absolute atomic E-state index is 0.150. The quantitative estimate of drug-likeness (QED) is 0.696. The predicted octanol–water partition coefficient (Wildman–Crippen LogP) is 2.80. The highest BCUT2D eigenvalue weighted by atomic mass is 16.5. The van der Waals surface area contributed by atoms with Crippen LogP contribution in [0, 0.1) is 5.92 Å². The van der Waals surface area contributed by atoms with E-state index in [-0.39, 0.29) is 5.91 Å². The zero-order valence-electron chi connectivity index (χ0n) is 12.0. The Balaban J connectivity index is 2.13. The molecule has 3 heteroatoms. The van der Waals surface area contributed by atoms with Crippen molar-refractivity contribution < 1.29 is 9.53 Å². The smallest absolute Gasteiger partial charge is 0.220 e. The minimum Gasteiger partial charge on any atom is -0.385 e. The summed E-state index contributed by atoms with van der Waals surface area (Å²) in [6.07, 6.45) is 3.58. The number of amides is 1. The van der Waals surface area contributed by atoms with Gasteiger partial charge in [0.15, 0.2) is 0 Å². The van der Waals surface area contributed by atoms with Crippen LogP contribution in [0.5, 0.6) is 0 Å². The van der Waals surface area contributed by atoms with Gasteiger partial charge in [-0.25, -0.2) is 0 Å². The van der Waals surface area contributed by atoms with Gasteiger partial charge >= 0.3 is 0 Å². The molecule has 0 aliphatic carbocycles. The van der Waals surface area contributed by atoms with Crippen molar-refractivity contribution in [2.75, 3.05) is 20.3 Å². The first kappa shape index (κ1) is 15.7. The second kappa shape index (κ2) is 9.56. The van der Waals surface area contributed by atoms with Crippen LogP contribution < -0.4 is 5.32 Å². The second-order valence-electron chi connectivity index (χ2n) is 5.03. The van der Waals surface area contributed by atoms with Crippen molar-refractivity contribution in [1.29, 1.82) is 0 Å². The average Bonchev–Trinajstić information content (AvgIpc) is 2.42. The molecule has 0 aliphatic rings. The summed E-state index contributed by atoms with van der Waals surface area (Å²) in [5.74, 6) is 0.569. The lowest BCUT2D eigenvalue weighted by Crippen LogP contribution is -2.26. The molecule has 0 radical (unpaired) electrons. The van der Waals surface area contributed by atoms with Gasteiger partial charge < -0.3 is 10.1 Å². The van der Waals surface area contributed by atoms with E-state index in [0.29, 0.717) is 25.5 Å². The molecule has 1 unspecified atom stereocenters. The number of rotatable bonds is 9. The van der Waals surface area contributed by atoms with Crippen LogP contribution in [0.3, 0.4) is 0 Å². The summed E-state index contributed by atoms with van der Waals surface area (Å²) in [5, 5.41) is 2.93. The third-order valence-corrected chi connectivity index (χ3v) is 3.15. The summed E-state index contributed by atoms with van der Waals surface area (Å²) in [7, 11) is 1.67. The maximum atomic E-state index is 11.7. The number of benzene rings is 1. The molecule has 1 aromatic carbocycles. The van der Waals surface area contributed by atoms with Gasteiger partial charge in [-0.2, -0.15) is 0 Å². The zero-order chi connectivity index (χ0) is 13.9. The van der Waals surface area contributed by atoms with Crippen molar-refractivity contribution in [3.63, 3.8) is 0 Å². The number of carbonyl (C=O) groups is 1. The van der Waals surface area contributed by atoms with Crippen LogP contribution in [-0.2, 0) is 16.0 Å². The fourth-order valence-corrected chi connectivity index (χ4v) is 1.99. The SMILES string of the molecule is COCCCNC(=O)CC(C)CCc1ccccc1. The van der Waals surface area contributed by atoms with Gasteiger partial charge in [-0.3, -0.25) is 4.79 Å². The number of nitrogens with one attached hydrogen (secondary N) is 1. The Morgan fingerprint density at radius 3 is 2.74 bits per heavy atom. The summed E-state index contributed by atoms with van der Waals surface area (Å²) in [6.45, 7) is 3.54. The highest BCUT2D eigenvalue weighted by Crippen LogP contribution is 2.12. The van der Waals surface area contributed by atoms with Crippen LogP contribution in [0.2, 0.25) is 0 Å². The van der Waals surface area contributed by atoms with Gasteiger partial charge in [-0.15, -0.1) is 0 Å². The minimum atomic E-state index is 0.150. The molecule has 0 saturated heterocycles. The maximum Gasteiger partial charge on any atom is 0.220 e. The lowest BCUT2D eigenvalue weighted by Gasteiger charge is -2.11. The number of aryl methyl sites for hydroxylation is 1. The van der Waals surface area contributed by atoms with Gasteiger partial charge in [0, 0.05) is 26.7 Å². The van der Waals surface area contributed by atoms with E-state index in [1.54, 1.807) is 7.11 Å². The third-order valence-electron chi connectivity index (χ3n) is 3.15. The Morgan fingerprint density at radius 2 is 2.05 bits per heavy atom. The van der Waals surface area contributed by atoms with Crippen LogP contribution in [0.1, 0.15) is 31.7 Å². The van der Waals surface area contributed by atoms with Crippen LogP contribution in [0.15, 0.2) is 30.3 Å². The molecule has 0 heterocycles. The number of ether oxygens (including phenoxy) is 1. The topological polar surface area (TPSA) is 38.3 Å². The Bertz CT molecular complexity index is 351. The molecule has 0 spiro atoms. The molecule has 1 amide bonds. The standard InChI is InChI=1S/C16H25NO2/c1-14(9-10-15-7-4-3-5-8-15)13-16(18)17-11-6-12-19-2/h3-5,7-8,14H,6,9-13H2,1-2H3,(H,17,18). The number of hydrogen-bond donors (Lipinski definition) is 1. The molecule has 0 fully saturated rings. The van der Waals surface area contributed by atoms with Gasteiger partial charge in [0.2, 0.25) is 5.91 Å². The first-order chi connectivity index (χ1) is 9.22. The van der Waals surface area contributed by atoms with Gasteiger partial charge in [-0.1, -0.05) is 37.3 Å². The van der Waals surface area contributed by atoms with E-state index in [9.17, 15) is 4.79 Å². The van der Waals surface area contributed by atoms with Crippen molar-refractivity contribution in [3.05, 3.63) is 35.9 Å². The average molecular weight is 263 g/mol. The molecule has 106 valence electrons. The molecule has 3 nitrogen and oxygen atoms in total. The first-order valence-electron chi connectivity index (χ1n) is 7.02. The molecular formula is C16H25NO2. The molecule has 0 aromatic heterocycles. The van der Waals surface area contributed by atoms with Gasteiger partial charge in [-0.05, 0) is 30.7 Å². The van der Waals surface area contributed by atoms with Crippen molar-refractivity contribution in [3.8, 4) is 0 Å². The molecule has 0 aliphatic heterocycles. The first-order valence-corrected chi connectivity index (χ1v) is 7.02. The van der Waals surface area contributed by atoms with E-state index < -0.39 is 0 Å². The molecule has 0 bridgehead atoms. The van der Waals surface area contributed by atoms with Gasteiger partial charge in [0.1, 0.15) is 0 Å². The van der Waals surface area contributed by atoms with E-state index >= 15 is 0 Å². The molecule has 1 rings (SSSR count). The van der Waals surface area contributed by atoms with E-state index in [1.165, 1.54) is 5.56 Å². The van der Waals surface area contributed by atoms with Crippen LogP contribution in [0.4, 0.5) is 0 Å². The van der Waals surface area contributed by atoms with Crippen molar-refractivity contribution in [1.82, 2.24) is 5.32 Å². The lowest BCUT2D eigenvalue weighted by atomic mass is 9.98. The monoisotopic (exact) mass is 263 g/mol. The van der Waals surface area contributed by atoms with E-state index in [1.807, 2.05) is 6.07 Å². The third kappa shape index (κ3) is 7.62. The van der Waals surface area contributed by atoms with Crippen LogP contribution in [0.25, 0.3) is 0 Å². The highest BCUT2D eigenvalue weighted by molar-refractivity contribution is 5.76. The number of hydrogen-bond acceptors (Lipinski definition) is 2. The Morgan fingerprint density at radius 1 is 1.32 bits per heavy atom. The lowest BCUT2D eigenvalue weighted by molar-refractivity contribution is -0.121. The van der Waals surface area contributed by atoms with Crippen LogP contribution >= 0.6 is 0 Å². The largest absolute Gasteiger partial charge is 0.385 e. The summed E-state index contributed by atoms with van der Waals surface area (Å²) in [4.78, 5) is 11.7. The summed E-state index contributed by atoms with van der Waals surface area (Å²) < 4.78 is 4.94. The Kier molecular flexibility index (Phi) is 7.91. The number of methoxy groups -OCH3 is 1. The zero-order valence-corrected chi connectivity index (χ0v) is 12.0. The fraction of sp³-hybridized carbons (Fsp3) is 0.562. The van der Waals surface area contributed by atoms with Crippen LogP contribution in [-0.4, -0.2) is 26.2 Å².